The van der Waals surface area contributed by atoms with Gasteiger partial charge in [-0.05, 0) is 0 Å². The van der Waals surface area contributed by atoms with Crippen molar-refractivity contribution in [2.75, 3.05) is 6.61 Å². The van der Waals surface area contributed by atoms with E-state index in [9.17, 15) is 9.59 Å². The van der Waals surface area contributed by atoms with E-state index in [1.54, 1.807) is 0 Å². The van der Waals surface area contributed by atoms with Crippen molar-refractivity contribution in [3.05, 3.63) is 0 Å². The minimum atomic E-state index is -0.805. The maximum absolute atomic E-state index is 10.2. The second-order valence-corrected chi connectivity index (χ2v) is 1.46. The van der Waals surface area contributed by atoms with Crippen molar-refractivity contribution < 1.29 is 14.3 Å². The molecular weight excluding hydrogens is 124 g/mol. The second kappa shape index (κ2) is 1.85. The second-order valence-electron chi connectivity index (χ2n) is 1.46. The Labute approximate surface area is 50.5 Å². The zero-order valence-electron chi connectivity index (χ0n) is 4.46. The first-order valence-electron chi connectivity index (χ1n) is 2.24. The molecule has 0 fully saturated rings. The highest BCUT2D eigenvalue weighted by Crippen LogP contribution is 1.93. The lowest BCUT2D eigenvalue weighted by molar-refractivity contribution is -0.118. The number of rotatable bonds is 1. The van der Waals surface area contributed by atoms with E-state index in [0.717, 1.165) is 0 Å². The third kappa shape index (κ3) is 1.04. The van der Waals surface area contributed by atoms with Gasteiger partial charge in [0.15, 0.2) is 6.61 Å². The molecule has 2 N–H and O–H groups in total. The molecule has 0 bridgehead atoms. The molecule has 5 nitrogen and oxygen atoms in total. The molecule has 1 aliphatic heterocycles. The first-order chi connectivity index (χ1) is 4.20. The summed E-state index contributed by atoms with van der Waals surface area (Å²) >= 11 is 0. The molecule has 0 aromatic carbocycles. The highest BCUT2D eigenvalue weighted by atomic mass is 16.5. The van der Waals surface area contributed by atoms with Crippen LogP contribution in [0.5, 0.6) is 0 Å². The average molecular weight is 128 g/mol. The number of amides is 2. The summed E-state index contributed by atoms with van der Waals surface area (Å²) in [5.41, 5.74) is 4.71. The summed E-state index contributed by atoms with van der Waals surface area (Å²) in [5.74, 6) is -1.57. The summed E-state index contributed by atoms with van der Waals surface area (Å²) in [6.07, 6.45) is 0. The van der Waals surface area contributed by atoms with Gasteiger partial charge >= 0.3 is 5.91 Å². The van der Waals surface area contributed by atoms with Crippen LogP contribution in [0.25, 0.3) is 0 Å². The number of hydrogen-bond acceptors (Lipinski definition) is 3. The predicted octanol–water partition coefficient (Wildman–Crippen LogP) is -1.57. The summed E-state index contributed by atoms with van der Waals surface area (Å²) in [6.45, 7) is -0.168. The van der Waals surface area contributed by atoms with Crippen molar-refractivity contribution in [1.82, 2.24) is 0 Å². The summed E-state index contributed by atoms with van der Waals surface area (Å²) < 4.78 is 4.45. The van der Waals surface area contributed by atoms with Crippen molar-refractivity contribution in [3.63, 3.8) is 0 Å². The number of nitrogens with zero attached hydrogens (tertiary/aromatic N) is 1. The maximum atomic E-state index is 10.2. The molecule has 1 rings (SSSR count). The van der Waals surface area contributed by atoms with Crippen LogP contribution < -0.4 is 5.73 Å². The zero-order chi connectivity index (χ0) is 6.85. The Morgan fingerprint density at radius 3 is 2.67 bits per heavy atom. The monoisotopic (exact) mass is 128 g/mol. The van der Waals surface area contributed by atoms with E-state index in [-0.39, 0.29) is 12.5 Å². The molecule has 0 saturated carbocycles. The number of primary amides is 1. The van der Waals surface area contributed by atoms with Crippen LogP contribution in [0.1, 0.15) is 0 Å². The van der Waals surface area contributed by atoms with Gasteiger partial charge in [0.2, 0.25) is 0 Å². The van der Waals surface area contributed by atoms with Gasteiger partial charge in [-0.2, -0.15) is 4.99 Å². The first kappa shape index (κ1) is 5.74. The molecule has 5 heteroatoms. The van der Waals surface area contributed by atoms with Gasteiger partial charge in [0.1, 0.15) is 0 Å². The third-order valence-electron chi connectivity index (χ3n) is 0.769. The van der Waals surface area contributed by atoms with Crippen LogP contribution in [-0.2, 0) is 14.3 Å². The summed E-state index contributed by atoms with van der Waals surface area (Å²) in [6, 6.07) is 0. The number of hydrogen-bond donors (Lipinski definition) is 1. The van der Waals surface area contributed by atoms with Crippen molar-refractivity contribution >= 4 is 17.7 Å². The molecule has 0 aliphatic carbocycles. The van der Waals surface area contributed by atoms with Crippen LogP contribution >= 0.6 is 0 Å². The molecule has 0 spiro atoms. The Hall–Kier alpha value is -1.39. The predicted molar refractivity (Wildman–Crippen MR) is 27.6 cm³/mol. The molecule has 0 aromatic heterocycles. The normalized spacial score (nSPS) is 16.9. The fourth-order valence-corrected chi connectivity index (χ4v) is 0.434. The fraction of sp³-hybridized carbons (Fsp3) is 0.250. The van der Waals surface area contributed by atoms with Crippen molar-refractivity contribution in [2.45, 2.75) is 0 Å². The van der Waals surface area contributed by atoms with Crippen LogP contribution in [0, 0.1) is 0 Å². The lowest BCUT2D eigenvalue weighted by Crippen LogP contribution is -2.22. The van der Waals surface area contributed by atoms with E-state index in [2.05, 4.69) is 9.73 Å². The average Bonchev–Trinajstić information content (AvgIpc) is 2.14. The van der Waals surface area contributed by atoms with Crippen molar-refractivity contribution in [2.24, 2.45) is 10.7 Å². The number of aliphatic imine (C=N–C) groups is 1. The zero-order valence-corrected chi connectivity index (χ0v) is 4.46. The van der Waals surface area contributed by atoms with Gasteiger partial charge in [0.05, 0.1) is 0 Å². The van der Waals surface area contributed by atoms with E-state index in [1.165, 1.54) is 0 Å². The molecule has 1 aliphatic rings. The van der Waals surface area contributed by atoms with Crippen LogP contribution in [0.4, 0.5) is 0 Å². The Balaban J connectivity index is 2.74. The smallest absolute Gasteiger partial charge is 0.304 e. The van der Waals surface area contributed by atoms with Gasteiger partial charge < -0.3 is 10.5 Å². The summed E-state index contributed by atoms with van der Waals surface area (Å²) in [5, 5.41) is 0. The SMILES string of the molecule is NC(=O)C1=NC(=O)CO1. The molecule has 1 heterocycles. The quantitative estimate of drug-likeness (QED) is 0.463. The molecule has 0 aromatic rings. The van der Waals surface area contributed by atoms with Crippen LogP contribution in [-0.4, -0.2) is 24.3 Å². The van der Waals surface area contributed by atoms with Gasteiger partial charge in [-0.15, -0.1) is 0 Å². The first-order valence-corrected chi connectivity index (χ1v) is 2.24. The van der Waals surface area contributed by atoms with Gasteiger partial charge in [0, 0.05) is 0 Å². The van der Waals surface area contributed by atoms with Gasteiger partial charge in [-0.3, -0.25) is 9.59 Å². The Kier molecular flexibility index (Phi) is 1.18. The van der Waals surface area contributed by atoms with Gasteiger partial charge in [-0.1, -0.05) is 0 Å². The van der Waals surface area contributed by atoms with Crippen molar-refractivity contribution in [1.29, 1.82) is 0 Å². The number of ether oxygens (including phenoxy) is 1. The van der Waals surface area contributed by atoms with Crippen LogP contribution in [0.2, 0.25) is 0 Å². The van der Waals surface area contributed by atoms with E-state index >= 15 is 0 Å². The van der Waals surface area contributed by atoms with Crippen molar-refractivity contribution in [3.8, 4) is 0 Å². The molecule has 0 radical (unpaired) electrons. The van der Waals surface area contributed by atoms with E-state index in [1.807, 2.05) is 0 Å². The van der Waals surface area contributed by atoms with E-state index in [4.69, 9.17) is 5.73 Å². The number of nitrogens with two attached hydrogens (primary N) is 1. The van der Waals surface area contributed by atoms with E-state index < -0.39 is 11.8 Å². The lowest BCUT2D eigenvalue weighted by Gasteiger charge is -1.89. The highest BCUT2D eigenvalue weighted by molar-refractivity contribution is 6.37. The molecule has 9 heavy (non-hydrogen) atoms. The molecule has 0 unspecified atom stereocenters. The van der Waals surface area contributed by atoms with E-state index in [0.29, 0.717) is 0 Å². The van der Waals surface area contributed by atoms with Gasteiger partial charge in [0.25, 0.3) is 11.8 Å². The topological polar surface area (TPSA) is 81.8 Å². The minimum absolute atomic E-state index is 0.168. The fourth-order valence-electron chi connectivity index (χ4n) is 0.434. The largest absolute Gasteiger partial charge is 0.464 e. The Morgan fingerprint density at radius 1 is 1.78 bits per heavy atom. The molecule has 2 amide bonds. The minimum Gasteiger partial charge on any atom is -0.464 e. The summed E-state index contributed by atoms with van der Waals surface area (Å²) in [4.78, 5) is 23.6. The highest BCUT2D eigenvalue weighted by Gasteiger charge is 2.18. The molecular formula is C4H4N2O3. The molecule has 48 valence electrons. The Morgan fingerprint density at radius 2 is 2.44 bits per heavy atom. The van der Waals surface area contributed by atoms with Gasteiger partial charge in [-0.25, -0.2) is 0 Å². The lowest BCUT2D eigenvalue weighted by atomic mass is 10.6. The van der Waals surface area contributed by atoms with Crippen LogP contribution in [0.15, 0.2) is 4.99 Å². The number of carbonyl (C=O) groups is 2. The van der Waals surface area contributed by atoms with Crippen LogP contribution in [0.3, 0.4) is 0 Å². The third-order valence-corrected chi connectivity index (χ3v) is 0.769. The molecule has 0 atom stereocenters. The maximum Gasteiger partial charge on any atom is 0.304 e. The number of carbonyl (C=O) groups excluding carboxylic acids is 2. The Bertz CT molecular complexity index is 196. The standard InChI is InChI=1S/C4H4N2O3/c5-3(8)4-6-2(7)1-9-4/h1H2,(H2,5,8). The summed E-state index contributed by atoms with van der Waals surface area (Å²) in [7, 11) is 0. The molecule has 0 saturated heterocycles.